The lowest BCUT2D eigenvalue weighted by Gasteiger charge is -2.25. The number of imide groups is 1. The zero-order chi connectivity index (χ0) is 19.5. The first-order valence-electron chi connectivity index (χ1n) is 9.40. The molecule has 4 atom stereocenters. The van der Waals surface area contributed by atoms with Crippen LogP contribution in [0.1, 0.15) is 31.0 Å². The van der Waals surface area contributed by atoms with Gasteiger partial charge in [0.25, 0.3) is 0 Å². The first-order valence-corrected chi connectivity index (χ1v) is 9.40. The summed E-state index contributed by atoms with van der Waals surface area (Å²) in [6.07, 6.45) is 0.954. The van der Waals surface area contributed by atoms with Crippen molar-refractivity contribution >= 4 is 23.5 Å². The van der Waals surface area contributed by atoms with Crippen LogP contribution in [0.3, 0.4) is 0 Å². The first-order chi connectivity index (χ1) is 12.8. The van der Waals surface area contributed by atoms with Gasteiger partial charge in [-0.05, 0) is 37.5 Å². The molecule has 7 nitrogen and oxygen atoms in total. The Morgan fingerprint density at radius 3 is 2.59 bits per heavy atom. The van der Waals surface area contributed by atoms with Gasteiger partial charge in [-0.3, -0.25) is 24.6 Å². The maximum atomic E-state index is 12.7. The van der Waals surface area contributed by atoms with E-state index in [0.717, 1.165) is 23.4 Å². The summed E-state index contributed by atoms with van der Waals surface area (Å²) >= 11 is 0. The summed E-state index contributed by atoms with van der Waals surface area (Å²) in [5, 5.41) is 3.21. The average molecular weight is 371 g/mol. The van der Waals surface area contributed by atoms with Gasteiger partial charge in [0.05, 0.1) is 18.9 Å². The number of methoxy groups -OCH3 is 1. The molecule has 1 aromatic rings. The number of ether oxygens (including phenoxy) is 1. The number of esters is 1. The Labute approximate surface area is 158 Å². The van der Waals surface area contributed by atoms with E-state index in [1.54, 1.807) is 0 Å². The molecule has 0 bridgehead atoms. The topological polar surface area (TPSA) is 79.0 Å². The van der Waals surface area contributed by atoms with E-state index in [-0.39, 0.29) is 17.9 Å². The second kappa shape index (κ2) is 6.34. The van der Waals surface area contributed by atoms with E-state index >= 15 is 0 Å². The van der Waals surface area contributed by atoms with Crippen molar-refractivity contribution < 1.29 is 19.1 Å². The summed E-state index contributed by atoms with van der Waals surface area (Å²) in [4.78, 5) is 41.0. The molecule has 3 aliphatic heterocycles. The molecular formula is C20H25N3O4. The molecule has 1 aromatic carbocycles. The highest BCUT2D eigenvalue weighted by Crippen LogP contribution is 2.45. The molecule has 0 saturated carbocycles. The monoisotopic (exact) mass is 371 g/mol. The quantitative estimate of drug-likeness (QED) is 0.628. The Kier molecular flexibility index (Phi) is 4.22. The van der Waals surface area contributed by atoms with Crippen molar-refractivity contribution in [2.45, 2.75) is 38.4 Å². The van der Waals surface area contributed by atoms with Crippen molar-refractivity contribution in [2.75, 3.05) is 25.6 Å². The number of nitrogens with one attached hydrogen (secondary N) is 1. The number of rotatable bonds is 3. The number of benzene rings is 1. The fourth-order valence-electron chi connectivity index (χ4n) is 4.79. The van der Waals surface area contributed by atoms with E-state index in [1.165, 1.54) is 25.4 Å². The molecule has 0 radical (unpaired) electrons. The van der Waals surface area contributed by atoms with E-state index in [4.69, 9.17) is 4.74 Å². The Balaban J connectivity index is 1.71. The van der Waals surface area contributed by atoms with Crippen LogP contribution in [-0.2, 0) is 25.5 Å². The molecule has 3 aliphatic rings. The van der Waals surface area contributed by atoms with Crippen LogP contribution >= 0.6 is 0 Å². The molecule has 1 N–H and O–H groups in total. The van der Waals surface area contributed by atoms with Crippen LogP contribution in [0.4, 0.5) is 5.69 Å². The molecule has 0 aromatic heterocycles. The standard InChI is InChI=1S/C20H25N3O4/c1-10(2)23-8-7-11-9-12(5-6-13(11)23)16-14-15(17(21-16)20(26)27-4)19(25)22(3)18(14)24/h5-6,9-10,14-17,21H,7-8H2,1-4H3/t14-,15+,16-,17-/m1/s1. The van der Waals surface area contributed by atoms with Gasteiger partial charge in [-0.1, -0.05) is 12.1 Å². The van der Waals surface area contributed by atoms with Crippen molar-refractivity contribution in [3.8, 4) is 0 Å². The normalized spacial score (nSPS) is 29.5. The van der Waals surface area contributed by atoms with Gasteiger partial charge >= 0.3 is 5.97 Å². The zero-order valence-corrected chi connectivity index (χ0v) is 16.1. The SMILES string of the molecule is COC(=O)[C@@H]1N[C@H](c2ccc3c(c2)CCN3C(C)C)[C@@H]2C(=O)N(C)C(=O)[C@@H]21. The number of amides is 2. The number of hydrogen-bond acceptors (Lipinski definition) is 6. The molecule has 2 amide bonds. The summed E-state index contributed by atoms with van der Waals surface area (Å²) in [5.41, 5.74) is 3.40. The molecule has 2 fully saturated rings. The number of carbonyl (C=O) groups is 3. The lowest BCUT2D eigenvalue weighted by atomic mass is 9.86. The smallest absolute Gasteiger partial charge is 0.323 e. The van der Waals surface area contributed by atoms with Gasteiger partial charge in [0.15, 0.2) is 0 Å². The third-order valence-corrected chi connectivity index (χ3v) is 6.17. The minimum atomic E-state index is -0.799. The molecule has 0 unspecified atom stereocenters. The van der Waals surface area contributed by atoms with Crippen LogP contribution in [-0.4, -0.2) is 55.5 Å². The summed E-state index contributed by atoms with van der Waals surface area (Å²) in [7, 11) is 2.78. The summed E-state index contributed by atoms with van der Waals surface area (Å²) in [5.74, 6) is -2.34. The van der Waals surface area contributed by atoms with Gasteiger partial charge in [-0.2, -0.15) is 0 Å². The second-order valence-electron chi connectivity index (χ2n) is 7.86. The Bertz CT molecular complexity index is 821. The van der Waals surface area contributed by atoms with E-state index in [1.807, 2.05) is 6.07 Å². The maximum absolute atomic E-state index is 12.7. The first kappa shape index (κ1) is 18.0. The van der Waals surface area contributed by atoms with Crippen LogP contribution in [0.15, 0.2) is 18.2 Å². The largest absolute Gasteiger partial charge is 0.468 e. The van der Waals surface area contributed by atoms with Crippen LogP contribution in [0.5, 0.6) is 0 Å². The molecular weight excluding hydrogens is 346 g/mol. The number of hydrogen-bond donors (Lipinski definition) is 1. The maximum Gasteiger partial charge on any atom is 0.323 e. The van der Waals surface area contributed by atoms with E-state index in [2.05, 4.69) is 36.2 Å². The summed E-state index contributed by atoms with van der Waals surface area (Å²) in [6.45, 7) is 5.32. The van der Waals surface area contributed by atoms with Gasteiger partial charge in [-0.15, -0.1) is 0 Å². The Morgan fingerprint density at radius 2 is 1.93 bits per heavy atom. The number of likely N-dealkylation sites (tertiary alicyclic amines) is 1. The van der Waals surface area contributed by atoms with E-state index in [0.29, 0.717) is 6.04 Å². The van der Waals surface area contributed by atoms with Crippen LogP contribution in [0.2, 0.25) is 0 Å². The van der Waals surface area contributed by atoms with Crippen LogP contribution in [0.25, 0.3) is 0 Å². The number of nitrogens with zero attached hydrogens (tertiary/aromatic N) is 2. The van der Waals surface area contributed by atoms with Crippen LogP contribution < -0.4 is 10.2 Å². The lowest BCUT2D eigenvalue weighted by molar-refractivity contribution is -0.147. The van der Waals surface area contributed by atoms with Gasteiger partial charge in [0.1, 0.15) is 6.04 Å². The Hall–Kier alpha value is -2.41. The molecule has 144 valence electrons. The summed E-state index contributed by atoms with van der Waals surface area (Å²) in [6, 6.07) is 5.46. The van der Waals surface area contributed by atoms with Gasteiger partial charge < -0.3 is 9.64 Å². The third-order valence-electron chi connectivity index (χ3n) is 6.17. The van der Waals surface area contributed by atoms with Crippen molar-refractivity contribution in [3.63, 3.8) is 0 Å². The van der Waals surface area contributed by atoms with Crippen molar-refractivity contribution in [1.82, 2.24) is 10.2 Å². The van der Waals surface area contributed by atoms with E-state index in [9.17, 15) is 14.4 Å². The fraction of sp³-hybridized carbons (Fsp3) is 0.550. The lowest BCUT2D eigenvalue weighted by Crippen LogP contribution is -2.42. The number of carbonyl (C=O) groups excluding carboxylic acids is 3. The minimum absolute atomic E-state index is 0.238. The highest BCUT2D eigenvalue weighted by molar-refractivity contribution is 6.08. The van der Waals surface area contributed by atoms with Gasteiger partial charge in [-0.25, -0.2) is 0 Å². The zero-order valence-electron chi connectivity index (χ0n) is 16.1. The van der Waals surface area contributed by atoms with Crippen molar-refractivity contribution in [1.29, 1.82) is 0 Å². The van der Waals surface area contributed by atoms with E-state index < -0.39 is 23.8 Å². The van der Waals surface area contributed by atoms with Crippen molar-refractivity contribution in [2.24, 2.45) is 11.8 Å². The summed E-state index contributed by atoms with van der Waals surface area (Å²) < 4.78 is 4.87. The highest BCUT2D eigenvalue weighted by Gasteiger charge is 2.60. The minimum Gasteiger partial charge on any atom is -0.468 e. The predicted molar refractivity (Wildman–Crippen MR) is 99.1 cm³/mol. The third kappa shape index (κ3) is 2.56. The van der Waals surface area contributed by atoms with Crippen molar-refractivity contribution in [3.05, 3.63) is 29.3 Å². The number of anilines is 1. The highest BCUT2D eigenvalue weighted by atomic mass is 16.5. The predicted octanol–water partition coefficient (Wildman–Crippen LogP) is 0.874. The molecule has 0 spiro atoms. The van der Waals surface area contributed by atoms with Crippen LogP contribution in [0, 0.1) is 11.8 Å². The molecule has 27 heavy (non-hydrogen) atoms. The number of fused-ring (bicyclic) bond motifs is 2. The molecule has 4 rings (SSSR count). The second-order valence-corrected chi connectivity index (χ2v) is 7.86. The molecule has 3 heterocycles. The molecule has 2 saturated heterocycles. The average Bonchev–Trinajstić information content (AvgIpc) is 3.31. The van der Waals surface area contributed by atoms with Gasteiger partial charge in [0, 0.05) is 31.4 Å². The fourth-order valence-corrected chi connectivity index (χ4v) is 4.79. The Morgan fingerprint density at radius 1 is 1.22 bits per heavy atom. The molecule has 7 heteroatoms. The van der Waals surface area contributed by atoms with Gasteiger partial charge in [0.2, 0.25) is 11.8 Å². The molecule has 0 aliphatic carbocycles.